The van der Waals surface area contributed by atoms with Gasteiger partial charge in [0.05, 0.1) is 25.7 Å². The summed E-state index contributed by atoms with van der Waals surface area (Å²) in [6, 6.07) is 3.72. The third-order valence-corrected chi connectivity index (χ3v) is 3.86. The van der Waals surface area contributed by atoms with Gasteiger partial charge in [-0.15, -0.1) is 0 Å². The summed E-state index contributed by atoms with van der Waals surface area (Å²) in [6.45, 7) is 0. The van der Waals surface area contributed by atoms with Gasteiger partial charge in [0.1, 0.15) is 11.5 Å². The highest BCUT2D eigenvalue weighted by Crippen LogP contribution is 2.44. The van der Waals surface area contributed by atoms with Crippen LogP contribution in [0.25, 0.3) is 0 Å². The molecule has 1 aromatic carbocycles. The van der Waals surface area contributed by atoms with Crippen molar-refractivity contribution in [1.29, 1.82) is 0 Å². The lowest BCUT2D eigenvalue weighted by Gasteiger charge is -2.15. The van der Waals surface area contributed by atoms with Gasteiger partial charge in [0.2, 0.25) is 5.91 Å². The average molecular weight is 275 g/mol. The molecule has 3 rings (SSSR count). The summed E-state index contributed by atoms with van der Waals surface area (Å²) in [6.07, 6.45) is 2.23. The van der Waals surface area contributed by atoms with Crippen LogP contribution < -0.4 is 14.8 Å². The Bertz CT molecular complexity index is 577. The molecule has 0 radical (unpaired) electrons. The minimum Gasteiger partial charge on any atom is -0.496 e. The fraction of sp³-hybridized carbons (Fsp3) is 0.467. The smallest absolute Gasteiger partial charge is 0.228 e. The van der Waals surface area contributed by atoms with Crippen molar-refractivity contribution in [3.05, 3.63) is 23.3 Å². The lowest BCUT2D eigenvalue weighted by molar-refractivity contribution is -0.122. The second-order valence-electron chi connectivity index (χ2n) is 5.22. The molecule has 0 aromatic heterocycles. The number of ketones is 1. The van der Waals surface area contributed by atoms with Gasteiger partial charge in [-0.05, 0) is 25.0 Å². The van der Waals surface area contributed by atoms with E-state index in [2.05, 4.69) is 5.32 Å². The first-order chi connectivity index (χ1) is 9.65. The minimum atomic E-state index is -0.469. The van der Waals surface area contributed by atoms with Crippen molar-refractivity contribution in [3.63, 3.8) is 0 Å². The molecule has 1 amide bonds. The summed E-state index contributed by atoms with van der Waals surface area (Å²) in [5.41, 5.74) is 1.15. The number of nitrogens with one attached hydrogen (secondary N) is 1. The zero-order valence-electron chi connectivity index (χ0n) is 11.6. The van der Waals surface area contributed by atoms with E-state index in [1.807, 2.05) is 0 Å². The Hall–Kier alpha value is -2.04. The van der Waals surface area contributed by atoms with Crippen molar-refractivity contribution < 1.29 is 19.1 Å². The highest BCUT2D eigenvalue weighted by atomic mass is 16.5. The molecule has 106 valence electrons. The molecule has 20 heavy (non-hydrogen) atoms. The van der Waals surface area contributed by atoms with E-state index in [0.29, 0.717) is 22.6 Å². The van der Waals surface area contributed by atoms with Crippen LogP contribution in [0.15, 0.2) is 12.1 Å². The van der Waals surface area contributed by atoms with Gasteiger partial charge in [-0.2, -0.15) is 0 Å². The van der Waals surface area contributed by atoms with E-state index in [9.17, 15) is 9.59 Å². The predicted molar refractivity (Wildman–Crippen MR) is 72.4 cm³/mol. The Balaban J connectivity index is 2.02. The first-order valence-corrected chi connectivity index (χ1v) is 6.74. The molecule has 0 saturated heterocycles. The number of carbonyl (C=O) groups is 2. The molecule has 2 aliphatic carbocycles. The normalized spacial score (nSPS) is 20.5. The number of methoxy groups -OCH3 is 2. The fourth-order valence-electron chi connectivity index (χ4n) is 2.70. The number of fused-ring (bicyclic) bond motifs is 1. The molecule has 5 nitrogen and oxygen atoms in total. The Labute approximate surface area is 117 Å². The van der Waals surface area contributed by atoms with E-state index in [4.69, 9.17) is 9.47 Å². The molecule has 0 bridgehead atoms. The van der Waals surface area contributed by atoms with Crippen LogP contribution in [0, 0.1) is 0 Å². The largest absolute Gasteiger partial charge is 0.496 e. The molecule has 0 spiro atoms. The van der Waals surface area contributed by atoms with Crippen LogP contribution in [0.3, 0.4) is 0 Å². The molecule has 1 N–H and O–H groups in total. The van der Waals surface area contributed by atoms with E-state index >= 15 is 0 Å². The molecular formula is C15H17NO4. The molecule has 1 atom stereocenters. The second kappa shape index (κ2) is 4.81. The average Bonchev–Trinajstić information content (AvgIpc) is 3.20. The van der Waals surface area contributed by atoms with Gasteiger partial charge in [-0.25, -0.2) is 0 Å². The van der Waals surface area contributed by atoms with Crippen LogP contribution in [0.5, 0.6) is 11.5 Å². The molecule has 1 fully saturated rings. The number of benzene rings is 1. The summed E-state index contributed by atoms with van der Waals surface area (Å²) in [7, 11) is 3.06. The van der Waals surface area contributed by atoms with Crippen molar-refractivity contribution in [2.24, 2.45) is 0 Å². The molecular weight excluding hydrogens is 258 g/mol. The van der Waals surface area contributed by atoms with E-state index in [0.717, 1.165) is 12.8 Å². The zero-order valence-corrected chi connectivity index (χ0v) is 11.6. The fourth-order valence-corrected chi connectivity index (χ4v) is 2.70. The SMILES string of the molecule is COc1ccc(OC)c2c1C(=O)CC2C(=O)NC1CC1. The summed E-state index contributed by atoms with van der Waals surface area (Å²) in [4.78, 5) is 24.5. The quantitative estimate of drug-likeness (QED) is 0.907. The van der Waals surface area contributed by atoms with Crippen molar-refractivity contribution in [3.8, 4) is 11.5 Å². The lowest BCUT2D eigenvalue weighted by atomic mass is 9.98. The first kappa shape index (κ1) is 13.0. The van der Waals surface area contributed by atoms with E-state index in [1.54, 1.807) is 19.2 Å². The Morgan fingerprint density at radius 1 is 1.20 bits per heavy atom. The summed E-state index contributed by atoms with van der Waals surface area (Å²) < 4.78 is 10.6. The summed E-state index contributed by atoms with van der Waals surface area (Å²) >= 11 is 0. The van der Waals surface area contributed by atoms with Gasteiger partial charge in [0, 0.05) is 18.0 Å². The number of Topliss-reactive ketones (excluding diaryl/α,β-unsaturated/α-hetero) is 1. The molecule has 1 saturated carbocycles. The van der Waals surface area contributed by atoms with E-state index < -0.39 is 5.92 Å². The molecule has 0 aliphatic heterocycles. The van der Waals surface area contributed by atoms with Gasteiger partial charge in [0.15, 0.2) is 5.78 Å². The van der Waals surface area contributed by atoms with Gasteiger partial charge in [0.25, 0.3) is 0 Å². The summed E-state index contributed by atoms with van der Waals surface area (Å²) in [5, 5.41) is 2.96. The third kappa shape index (κ3) is 2.03. The maximum Gasteiger partial charge on any atom is 0.228 e. The topological polar surface area (TPSA) is 64.6 Å². The van der Waals surface area contributed by atoms with Crippen LogP contribution in [-0.2, 0) is 4.79 Å². The van der Waals surface area contributed by atoms with Gasteiger partial charge >= 0.3 is 0 Å². The Morgan fingerprint density at radius 3 is 2.45 bits per heavy atom. The van der Waals surface area contributed by atoms with Crippen LogP contribution >= 0.6 is 0 Å². The lowest BCUT2D eigenvalue weighted by Crippen LogP contribution is -2.30. The van der Waals surface area contributed by atoms with Gasteiger partial charge in [-0.1, -0.05) is 0 Å². The van der Waals surface area contributed by atoms with Crippen molar-refractivity contribution >= 4 is 11.7 Å². The maximum absolute atomic E-state index is 12.3. The number of amides is 1. The molecule has 1 unspecified atom stereocenters. The van der Waals surface area contributed by atoms with E-state index in [1.165, 1.54) is 7.11 Å². The Kier molecular flexibility index (Phi) is 3.12. The zero-order chi connectivity index (χ0) is 14.3. The number of ether oxygens (including phenoxy) is 2. The number of hydrogen-bond donors (Lipinski definition) is 1. The number of carbonyl (C=O) groups excluding carboxylic acids is 2. The van der Waals surface area contributed by atoms with Crippen LogP contribution in [-0.4, -0.2) is 32.0 Å². The van der Waals surface area contributed by atoms with Crippen molar-refractivity contribution in [2.75, 3.05) is 14.2 Å². The van der Waals surface area contributed by atoms with Crippen molar-refractivity contribution in [1.82, 2.24) is 5.32 Å². The van der Waals surface area contributed by atoms with Crippen molar-refractivity contribution in [2.45, 2.75) is 31.2 Å². The monoisotopic (exact) mass is 275 g/mol. The third-order valence-electron chi connectivity index (χ3n) is 3.86. The molecule has 2 aliphatic rings. The minimum absolute atomic E-state index is 0.0632. The van der Waals surface area contributed by atoms with E-state index in [-0.39, 0.29) is 24.2 Å². The second-order valence-corrected chi connectivity index (χ2v) is 5.22. The van der Waals surface area contributed by atoms with Gasteiger partial charge < -0.3 is 14.8 Å². The molecule has 0 heterocycles. The highest BCUT2D eigenvalue weighted by molar-refractivity contribution is 6.09. The summed E-state index contributed by atoms with van der Waals surface area (Å²) in [5.74, 6) is 0.455. The van der Waals surface area contributed by atoms with Crippen LogP contribution in [0.1, 0.15) is 41.1 Å². The van der Waals surface area contributed by atoms with Crippen LogP contribution in [0.2, 0.25) is 0 Å². The number of hydrogen-bond acceptors (Lipinski definition) is 4. The maximum atomic E-state index is 12.3. The number of rotatable bonds is 4. The van der Waals surface area contributed by atoms with Crippen LogP contribution in [0.4, 0.5) is 0 Å². The predicted octanol–water partition coefficient (Wildman–Crippen LogP) is 1.65. The Morgan fingerprint density at radius 2 is 1.85 bits per heavy atom. The first-order valence-electron chi connectivity index (χ1n) is 6.74. The molecule has 5 heteroatoms. The standard InChI is InChI=1S/C15H17NO4/c1-19-11-5-6-12(20-2)14-10(17)7-9(13(11)14)15(18)16-8-3-4-8/h5-6,8-9H,3-4,7H2,1-2H3,(H,16,18). The molecule has 1 aromatic rings. The highest BCUT2D eigenvalue weighted by Gasteiger charge is 2.40. The van der Waals surface area contributed by atoms with Gasteiger partial charge in [-0.3, -0.25) is 9.59 Å².